The van der Waals surface area contributed by atoms with Crippen LogP contribution >= 0.6 is 0 Å². The minimum absolute atomic E-state index is 0.0741. The fourth-order valence-corrected chi connectivity index (χ4v) is 1.96. The number of pyridine rings is 1. The van der Waals surface area contributed by atoms with Gasteiger partial charge >= 0.3 is 0 Å². The second-order valence-corrected chi connectivity index (χ2v) is 3.93. The maximum atomic E-state index is 12.5. The van der Waals surface area contributed by atoms with Gasteiger partial charge in [-0.25, -0.2) is 0 Å². The van der Waals surface area contributed by atoms with Gasteiger partial charge in [0.25, 0.3) is 0 Å². The lowest BCUT2D eigenvalue weighted by atomic mass is 9.87. The standard InChI is InChI=1S/C13H20N2O2/c1-4-13(5-2,17-6-3)12(16)10-9-15-8-7-11(10)14/h7-9H,4-6H2,1-3H3,(H2,14,15). The Morgan fingerprint density at radius 2 is 2.06 bits per heavy atom. The molecule has 0 amide bonds. The maximum absolute atomic E-state index is 12.5. The van der Waals surface area contributed by atoms with E-state index < -0.39 is 5.60 Å². The molecule has 4 nitrogen and oxygen atoms in total. The number of ketones is 1. The van der Waals surface area contributed by atoms with E-state index >= 15 is 0 Å². The monoisotopic (exact) mass is 236 g/mol. The normalized spacial score (nSPS) is 11.5. The number of rotatable bonds is 6. The summed E-state index contributed by atoms with van der Waals surface area (Å²) in [7, 11) is 0. The zero-order valence-electron chi connectivity index (χ0n) is 10.7. The number of hydrogen-bond donors (Lipinski definition) is 1. The predicted octanol–water partition coefficient (Wildman–Crippen LogP) is 2.44. The Bertz CT molecular complexity index is 387. The van der Waals surface area contributed by atoms with E-state index in [4.69, 9.17) is 10.5 Å². The van der Waals surface area contributed by atoms with Crippen LogP contribution in [0.2, 0.25) is 0 Å². The summed E-state index contributed by atoms with van der Waals surface area (Å²) < 4.78 is 5.67. The van der Waals surface area contributed by atoms with Crippen molar-refractivity contribution in [2.75, 3.05) is 12.3 Å². The van der Waals surface area contributed by atoms with Crippen LogP contribution in [0.5, 0.6) is 0 Å². The third kappa shape index (κ3) is 2.64. The van der Waals surface area contributed by atoms with Crippen LogP contribution in [0, 0.1) is 0 Å². The lowest BCUT2D eigenvalue weighted by Crippen LogP contribution is -2.41. The predicted molar refractivity (Wildman–Crippen MR) is 67.9 cm³/mol. The Morgan fingerprint density at radius 1 is 1.41 bits per heavy atom. The van der Waals surface area contributed by atoms with E-state index in [1.54, 1.807) is 12.3 Å². The van der Waals surface area contributed by atoms with Gasteiger partial charge in [-0.2, -0.15) is 0 Å². The molecule has 94 valence electrons. The molecule has 0 fully saturated rings. The van der Waals surface area contributed by atoms with Crippen LogP contribution in [0.25, 0.3) is 0 Å². The minimum Gasteiger partial charge on any atom is -0.398 e. The summed E-state index contributed by atoms with van der Waals surface area (Å²) in [5.74, 6) is -0.0741. The topological polar surface area (TPSA) is 65.2 Å². The molecule has 0 radical (unpaired) electrons. The first-order chi connectivity index (χ1) is 8.11. The van der Waals surface area contributed by atoms with Gasteiger partial charge in [-0.05, 0) is 25.8 Å². The molecule has 2 N–H and O–H groups in total. The second-order valence-electron chi connectivity index (χ2n) is 3.93. The summed E-state index contributed by atoms with van der Waals surface area (Å²) in [4.78, 5) is 16.4. The fraction of sp³-hybridized carbons (Fsp3) is 0.538. The highest BCUT2D eigenvalue weighted by Crippen LogP contribution is 2.27. The number of Topliss-reactive ketones (excluding diaryl/α,β-unsaturated/α-hetero) is 1. The maximum Gasteiger partial charge on any atom is 0.198 e. The van der Waals surface area contributed by atoms with E-state index in [9.17, 15) is 4.79 Å². The number of anilines is 1. The van der Waals surface area contributed by atoms with Gasteiger partial charge in [0.2, 0.25) is 0 Å². The number of carbonyl (C=O) groups is 1. The van der Waals surface area contributed by atoms with E-state index in [1.165, 1.54) is 6.20 Å². The Kier molecular flexibility index (Phi) is 4.63. The molecule has 1 aromatic rings. The summed E-state index contributed by atoms with van der Waals surface area (Å²) in [5, 5.41) is 0. The van der Waals surface area contributed by atoms with Gasteiger partial charge in [-0.1, -0.05) is 13.8 Å². The van der Waals surface area contributed by atoms with Crippen molar-refractivity contribution in [3.05, 3.63) is 24.0 Å². The zero-order valence-corrected chi connectivity index (χ0v) is 10.7. The molecule has 0 aliphatic carbocycles. The summed E-state index contributed by atoms with van der Waals surface area (Å²) in [5.41, 5.74) is 5.94. The van der Waals surface area contributed by atoms with Crippen molar-refractivity contribution in [3.8, 4) is 0 Å². The SMILES string of the molecule is CCOC(CC)(CC)C(=O)c1cnccc1N. The molecule has 0 aromatic carbocycles. The number of nitrogen functional groups attached to an aromatic ring is 1. The average Bonchev–Trinajstić information content (AvgIpc) is 2.36. The van der Waals surface area contributed by atoms with Crippen LogP contribution in [0.3, 0.4) is 0 Å². The molecule has 1 heterocycles. The van der Waals surface area contributed by atoms with Gasteiger partial charge < -0.3 is 10.5 Å². The van der Waals surface area contributed by atoms with Crippen molar-refractivity contribution in [2.24, 2.45) is 0 Å². The second kappa shape index (κ2) is 5.77. The van der Waals surface area contributed by atoms with Crippen LogP contribution in [-0.4, -0.2) is 23.0 Å². The Morgan fingerprint density at radius 3 is 2.53 bits per heavy atom. The van der Waals surface area contributed by atoms with Crippen molar-refractivity contribution in [1.82, 2.24) is 4.98 Å². The number of nitrogens with two attached hydrogens (primary N) is 1. The number of carbonyl (C=O) groups excluding carboxylic acids is 1. The molecule has 0 saturated heterocycles. The fourth-order valence-electron chi connectivity index (χ4n) is 1.96. The highest BCUT2D eigenvalue weighted by molar-refractivity contribution is 6.06. The van der Waals surface area contributed by atoms with Crippen LogP contribution in [0.1, 0.15) is 44.0 Å². The van der Waals surface area contributed by atoms with Crippen LogP contribution in [-0.2, 0) is 4.74 Å². The van der Waals surface area contributed by atoms with Crippen molar-refractivity contribution >= 4 is 11.5 Å². The lowest BCUT2D eigenvalue weighted by Gasteiger charge is -2.30. The molecular formula is C13H20N2O2. The third-order valence-corrected chi connectivity index (χ3v) is 3.08. The molecule has 1 aromatic heterocycles. The molecule has 0 aliphatic heterocycles. The Hall–Kier alpha value is -1.42. The van der Waals surface area contributed by atoms with Gasteiger partial charge in [-0.3, -0.25) is 9.78 Å². The number of nitrogens with zero attached hydrogens (tertiary/aromatic N) is 1. The molecule has 0 saturated carbocycles. The van der Waals surface area contributed by atoms with Crippen LogP contribution < -0.4 is 5.73 Å². The molecule has 17 heavy (non-hydrogen) atoms. The third-order valence-electron chi connectivity index (χ3n) is 3.08. The van der Waals surface area contributed by atoms with Crippen LogP contribution in [0.4, 0.5) is 5.69 Å². The lowest BCUT2D eigenvalue weighted by molar-refractivity contribution is -0.0250. The molecule has 1 rings (SSSR count). The Balaban J connectivity index is 3.12. The van der Waals surface area contributed by atoms with Gasteiger partial charge in [0.05, 0.1) is 5.56 Å². The van der Waals surface area contributed by atoms with E-state index in [2.05, 4.69) is 4.98 Å². The molecule has 0 bridgehead atoms. The summed E-state index contributed by atoms with van der Waals surface area (Å²) in [6.07, 6.45) is 4.35. The molecule has 0 unspecified atom stereocenters. The molecule has 0 aliphatic rings. The van der Waals surface area contributed by atoms with E-state index in [0.717, 1.165) is 0 Å². The van der Waals surface area contributed by atoms with Crippen molar-refractivity contribution in [1.29, 1.82) is 0 Å². The summed E-state index contributed by atoms with van der Waals surface area (Å²) in [6, 6.07) is 1.63. The largest absolute Gasteiger partial charge is 0.398 e. The number of hydrogen-bond acceptors (Lipinski definition) is 4. The van der Waals surface area contributed by atoms with Gasteiger partial charge in [0.15, 0.2) is 5.78 Å². The van der Waals surface area contributed by atoms with Crippen LogP contribution in [0.15, 0.2) is 18.5 Å². The Labute approximate surface area is 102 Å². The average molecular weight is 236 g/mol. The van der Waals surface area contributed by atoms with Crippen molar-refractivity contribution < 1.29 is 9.53 Å². The minimum atomic E-state index is -0.772. The van der Waals surface area contributed by atoms with E-state index in [1.807, 2.05) is 20.8 Å². The zero-order chi connectivity index (χ0) is 12.9. The van der Waals surface area contributed by atoms with Gasteiger partial charge in [-0.15, -0.1) is 0 Å². The first-order valence-electron chi connectivity index (χ1n) is 5.99. The van der Waals surface area contributed by atoms with E-state index in [-0.39, 0.29) is 5.78 Å². The van der Waals surface area contributed by atoms with Crippen molar-refractivity contribution in [2.45, 2.75) is 39.2 Å². The first-order valence-corrected chi connectivity index (χ1v) is 5.99. The van der Waals surface area contributed by atoms with Crippen molar-refractivity contribution in [3.63, 3.8) is 0 Å². The quantitative estimate of drug-likeness (QED) is 0.770. The molecular weight excluding hydrogens is 216 g/mol. The van der Waals surface area contributed by atoms with E-state index in [0.29, 0.717) is 30.7 Å². The van der Waals surface area contributed by atoms with Gasteiger partial charge in [0, 0.05) is 24.7 Å². The first kappa shape index (κ1) is 13.6. The smallest absolute Gasteiger partial charge is 0.198 e. The van der Waals surface area contributed by atoms with Gasteiger partial charge in [0.1, 0.15) is 5.60 Å². The summed E-state index contributed by atoms with van der Waals surface area (Å²) >= 11 is 0. The molecule has 0 atom stereocenters. The molecule has 0 spiro atoms. The highest BCUT2D eigenvalue weighted by atomic mass is 16.5. The summed E-state index contributed by atoms with van der Waals surface area (Å²) in [6.45, 7) is 6.29. The molecule has 4 heteroatoms. The number of ether oxygens (including phenoxy) is 1. The number of aromatic nitrogens is 1. The highest BCUT2D eigenvalue weighted by Gasteiger charge is 2.37.